The van der Waals surface area contributed by atoms with E-state index in [0.717, 1.165) is 12.2 Å². The summed E-state index contributed by atoms with van der Waals surface area (Å²) in [7, 11) is 1.46. The van der Waals surface area contributed by atoms with Crippen molar-refractivity contribution >= 4 is 17.8 Å². The molecule has 2 aliphatic heterocycles. The zero-order chi connectivity index (χ0) is 28.3. The van der Waals surface area contributed by atoms with Crippen LogP contribution in [-0.2, 0) is 34.2 Å². The van der Waals surface area contributed by atoms with Crippen LogP contribution in [0.4, 0.5) is 8.78 Å². The SMILES string of the molecule is COc1cccc(C23OC(=O)/C=C/C(=O)OC2CN(CCOC(c2ccc(F)cc2)c2ccc(F)cc2)C3=O)c1. The number of esters is 2. The van der Waals surface area contributed by atoms with Gasteiger partial charge in [0.15, 0.2) is 6.10 Å². The quantitative estimate of drug-likeness (QED) is 0.395. The number of nitrogens with zero attached hydrogens (tertiary/aromatic N) is 1. The summed E-state index contributed by atoms with van der Waals surface area (Å²) < 4.78 is 49.8. The van der Waals surface area contributed by atoms with E-state index in [4.69, 9.17) is 18.9 Å². The predicted molar refractivity (Wildman–Crippen MR) is 137 cm³/mol. The molecule has 1 saturated heterocycles. The number of methoxy groups -OCH3 is 1. The highest BCUT2D eigenvalue weighted by atomic mass is 19.1. The van der Waals surface area contributed by atoms with Crippen molar-refractivity contribution < 1.29 is 42.1 Å². The molecule has 8 nitrogen and oxygen atoms in total. The van der Waals surface area contributed by atoms with Gasteiger partial charge in [0.2, 0.25) is 0 Å². The second-order valence-electron chi connectivity index (χ2n) is 9.25. The molecule has 0 spiro atoms. The number of benzene rings is 3. The largest absolute Gasteiger partial charge is 0.497 e. The lowest BCUT2D eigenvalue weighted by atomic mass is 9.89. The highest BCUT2D eigenvalue weighted by molar-refractivity contribution is 5.98. The van der Waals surface area contributed by atoms with Gasteiger partial charge in [0.1, 0.15) is 23.5 Å². The van der Waals surface area contributed by atoms with Crippen LogP contribution in [0.25, 0.3) is 0 Å². The molecule has 0 bridgehead atoms. The summed E-state index contributed by atoms with van der Waals surface area (Å²) in [6.07, 6.45) is 0.0397. The van der Waals surface area contributed by atoms with Crippen molar-refractivity contribution in [1.29, 1.82) is 0 Å². The monoisotopic (exact) mass is 549 g/mol. The van der Waals surface area contributed by atoms with E-state index in [2.05, 4.69) is 0 Å². The normalized spacial score (nSPS) is 21.4. The minimum atomic E-state index is -1.93. The lowest BCUT2D eigenvalue weighted by Gasteiger charge is -2.32. The highest BCUT2D eigenvalue weighted by Crippen LogP contribution is 2.41. The smallest absolute Gasteiger partial charge is 0.332 e. The van der Waals surface area contributed by atoms with Gasteiger partial charge in [-0.05, 0) is 47.5 Å². The number of fused-ring (bicyclic) bond motifs is 1. The average Bonchev–Trinajstić information content (AvgIpc) is 3.20. The topological polar surface area (TPSA) is 91.4 Å². The summed E-state index contributed by atoms with van der Waals surface area (Å²) in [4.78, 5) is 40.2. The maximum absolute atomic E-state index is 13.9. The van der Waals surface area contributed by atoms with Crippen molar-refractivity contribution in [1.82, 2.24) is 4.90 Å². The van der Waals surface area contributed by atoms with Gasteiger partial charge in [-0.2, -0.15) is 0 Å². The Kier molecular flexibility index (Phi) is 7.61. The standard InChI is InChI=1S/C30H25F2NO7/c1-37-24-4-2-3-21(17-24)30-25(39-26(34)13-14-27(35)40-30)18-33(29(30)36)15-16-38-28(19-5-9-22(31)10-6-19)20-7-11-23(32)12-8-20/h2-14,17,25,28H,15-16,18H2,1H3/b14-13+. The number of carbonyl (C=O) groups is 3. The molecule has 2 atom stereocenters. The first-order chi connectivity index (χ1) is 19.3. The third-order valence-corrected chi connectivity index (χ3v) is 6.81. The van der Waals surface area contributed by atoms with Crippen LogP contribution in [0.15, 0.2) is 84.9 Å². The number of rotatable bonds is 8. The number of hydrogen-bond acceptors (Lipinski definition) is 7. The van der Waals surface area contributed by atoms with Gasteiger partial charge in [0.05, 0.1) is 20.3 Å². The Morgan fingerprint density at radius 1 is 0.925 bits per heavy atom. The summed E-state index contributed by atoms with van der Waals surface area (Å²) in [6.45, 7) is -0.0152. The lowest BCUT2D eigenvalue weighted by Crippen LogP contribution is -2.49. The van der Waals surface area contributed by atoms with E-state index >= 15 is 0 Å². The fourth-order valence-electron chi connectivity index (χ4n) is 4.88. The summed E-state index contributed by atoms with van der Waals surface area (Å²) in [5, 5.41) is 0. The fraction of sp³-hybridized carbons (Fsp3) is 0.233. The average molecular weight is 550 g/mol. The number of carbonyl (C=O) groups excluding carboxylic acids is 3. The molecule has 0 N–H and O–H groups in total. The maximum Gasteiger partial charge on any atom is 0.332 e. The Labute approximate surface area is 228 Å². The van der Waals surface area contributed by atoms with Gasteiger partial charge in [0, 0.05) is 24.3 Å². The van der Waals surface area contributed by atoms with Crippen molar-refractivity contribution in [3.05, 3.63) is 113 Å². The van der Waals surface area contributed by atoms with Gasteiger partial charge in [-0.25, -0.2) is 18.4 Å². The third kappa shape index (κ3) is 5.30. The molecule has 40 heavy (non-hydrogen) atoms. The van der Waals surface area contributed by atoms with E-state index in [0.29, 0.717) is 16.9 Å². The van der Waals surface area contributed by atoms with Crippen molar-refractivity contribution in [3.63, 3.8) is 0 Å². The summed E-state index contributed by atoms with van der Waals surface area (Å²) in [5.74, 6) is -2.66. The molecule has 2 aliphatic rings. The molecule has 1 amide bonds. The van der Waals surface area contributed by atoms with Crippen molar-refractivity contribution in [2.75, 3.05) is 26.8 Å². The predicted octanol–water partition coefficient (Wildman–Crippen LogP) is 3.84. The van der Waals surface area contributed by atoms with Gasteiger partial charge < -0.3 is 23.8 Å². The molecule has 10 heteroatoms. The first-order valence-electron chi connectivity index (χ1n) is 12.5. The van der Waals surface area contributed by atoms with Crippen LogP contribution >= 0.6 is 0 Å². The summed E-state index contributed by atoms with van der Waals surface area (Å²) in [6, 6.07) is 17.9. The second kappa shape index (κ2) is 11.3. The molecule has 1 fully saturated rings. The Bertz CT molecular complexity index is 1400. The zero-order valence-electron chi connectivity index (χ0n) is 21.4. The van der Waals surface area contributed by atoms with Crippen LogP contribution in [0.1, 0.15) is 22.8 Å². The van der Waals surface area contributed by atoms with E-state index in [9.17, 15) is 23.2 Å². The Morgan fingerprint density at radius 3 is 2.17 bits per heavy atom. The molecule has 3 aromatic rings. The minimum Gasteiger partial charge on any atom is -0.497 e. The van der Waals surface area contributed by atoms with Crippen LogP contribution in [-0.4, -0.2) is 55.7 Å². The molecule has 0 radical (unpaired) electrons. The zero-order valence-corrected chi connectivity index (χ0v) is 21.4. The minimum absolute atomic E-state index is 0.00616. The maximum atomic E-state index is 13.9. The van der Waals surface area contributed by atoms with E-state index < -0.39 is 47.3 Å². The van der Waals surface area contributed by atoms with E-state index in [1.807, 2.05) is 0 Å². The molecule has 206 valence electrons. The van der Waals surface area contributed by atoms with Crippen LogP contribution in [0.2, 0.25) is 0 Å². The van der Waals surface area contributed by atoms with E-state index in [1.165, 1.54) is 36.3 Å². The Balaban J connectivity index is 1.41. The molecule has 5 rings (SSSR count). The molecular weight excluding hydrogens is 524 g/mol. The first-order valence-corrected chi connectivity index (χ1v) is 12.5. The van der Waals surface area contributed by atoms with E-state index in [1.54, 1.807) is 48.5 Å². The van der Waals surface area contributed by atoms with Crippen LogP contribution in [0, 0.1) is 11.6 Å². The highest BCUT2D eigenvalue weighted by Gasteiger charge is 2.61. The van der Waals surface area contributed by atoms with Crippen LogP contribution < -0.4 is 4.74 Å². The van der Waals surface area contributed by atoms with Gasteiger partial charge in [-0.1, -0.05) is 36.4 Å². The summed E-state index contributed by atoms with van der Waals surface area (Å²) >= 11 is 0. The number of ether oxygens (including phenoxy) is 4. The van der Waals surface area contributed by atoms with Crippen LogP contribution in [0.5, 0.6) is 5.75 Å². The molecule has 3 aromatic carbocycles. The second-order valence-corrected chi connectivity index (χ2v) is 9.25. The Morgan fingerprint density at radius 2 is 1.55 bits per heavy atom. The van der Waals surface area contributed by atoms with Gasteiger partial charge in [-0.3, -0.25) is 4.79 Å². The fourth-order valence-corrected chi connectivity index (χ4v) is 4.88. The molecule has 2 heterocycles. The first kappa shape index (κ1) is 27.0. The number of likely N-dealkylation sites (tertiary alicyclic amines) is 1. The summed E-state index contributed by atoms with van der Waals surface area (Å²) in [5.41, 5.74) is -0.384. The van der Waals surface area contributed by atoms with Crippen molar-refractivity contribution in [3.8, 4) is 5.75 Å². The number of amides is 1. The molecule has 0 aliphatic carbocycles. The van der Waals surface area contributed by atoms with Crippen LogP contribution in [0.3, 0.4) is 0 Å². The number of halogens is 2. The van der Waals surface area contributed by atoms with Gasteiger partial charge >= 0.3 is 11.9 Å². The van der Waals surface area contributed by atoms with Crippen molar-refractivity contribution in [2.24, 2.45) is 0 Å². The molecule has 0 aromatic heterocycles. The van der Waals surface area contributed by atoms with Gasteiger partial charge in [0.25, 0.3) is 11.5 Å². The van der Waals surface area contributed by atoms with E-state index in [-0.39, 0.29) is 25.3 Å². The van der Waals surface area contributed by atoms with Crippen molar-refractivity contribution in [2.45, 2.75) is 17.8 Å². The van der Waals surface area contributed by atoms with Gasteiger partial charge in [-0.15, -0.1) is 0 Å². The number of hydrogen-bond donors (Lipinski definition) is 0. The Hall–Kier alpha value is -4.57. The molecule has 0 saturated carbocycles. The molecule has 2 unspecified atom stereocenters. The lowest BCUT2D eigenvalue weighted by molar-refractivity contribution is -0.183. The third-order valence-electron chi connectivity index (χ3n) is 6.81. The molecular formula is C30H25F2NO7.